The molecule has 2 rings (SSSR count). The first-order chi connectivity index (χ1) is 7.27. The molecule has 0 atom stereocenters. The fraction of sp³-hybridized carbons (Fsp3) is 0.273. The van der Waals surface area contributed by atoms with E-state index >= 15 is 0 Å². The predicted molar refractivity (Wildman–Crippen MR) is 62.0 cm³/mol. The molecule has 4 heteroatoms. The van der Waals surface area contributed by atoms with Gasteiger partial charge in [0, 0.05) is 6.54 Å². The third kappa shape index (κ3) is 2.39. The molecular weight excluding hydrogens is 208 g/mol. The van der Waals surface area contributed by atoms with Gasteiger partial charge in [0.05, 0.1) is 5.75 Å². The zero-order chi connectivity index (χ0) is 10.7. The number of carbonyl (C=O) groups excluding carboxylic acids is 1. The minimum Gasteiger partial charge on any atom is -0.291 e. The molecule has 3 nitrogen and oxygen atoms in total. The molecule has 0 spiro atoms. The Morgan fingerprint density at radius 3 is 2.67 bits per heavy atom. The van der Waals surface area contributed by atoms with Gasteiger partial charge in [-0.15, -0.1) is 0 Å². The molecule has 0 saturated carbocycles. The Hall–Kier alpha value is -1.29. The maximum atomic E-state index is 11.4. The second-order valence-electron chi connectivity index (χ2n) is 3.37. The van der Waals surface area contributed by atoms with Crippen LogP contribution < -0.4 is 0 Å². The Morgan fingerprint density at radius 1 is 1.33 bits per heavy atom. The van der Waals surface area contributed by atoms with E-state index in [-0.39, 0.29) is 5.91 Å². The summed E-state index contributed by atoms with van der Waals surface area (Å²) < 4.78 is 0. The quantitative estimate of drug-likeness (QED) is 0.843. The normalized spacial score (nSPS) is 16.1. The van der Waals surface area contributed by atoms with E-state index in [9.17, 15) is 4.79 Å². The summed E-state index contributed by atoms with van der Waals surface area (Å²) in [6.45, 7) is 0.620. The lowest BCUT2D eigenvalue weighted by Crippen LogP contribution is -2.31. The van der Waals surface area contributed by atoms with Crippen molar-refractivity contribution in [1.82, 2.24) is 4.90 Å². The van der Waals surface area contributed by atoms with Crippen molar-refractivity contribution in [1.29, 1.82) is 5.41 Å². The van der Waals surface area contributed by atoms with Crippen LogP contribution in [0, 0.1) is 5.41 Å². The van der Waals surface area contributed by atoms with Gasteiger partial charge in [-0.2, -0.15) is 0 Å². The first kappa shape index (κ1) is 10.2. The number of rotatable bonds is 3. The number of benzene rings is 1. The van der Waals surface area contributed by atoms with Gasteiger partial charge in [-0.3, -0.25) is 15.1 Å². The summed E-state index contributed by atoms with van der Waals surface area (Å²) in [5.41, 5.74) is 1.20. The molecular formula is C11H12N2OS. The van der Waals surface area contributed by atoms with Gasteiger partial charge >= 0.3 is 0 Å². The highest BCUT2D eigenvalue weighted by Gasteiger charge is 2.25. The van der Waals surface area contributed by atoms with Crippen molar-refractivity contribution < 1.29 is 4.79 Å². The van der Waals surface area contributed by atoms with Gasteiger partial charge in [-0.25, -0.2) is 0 Å². The molecule has 0 aromatic heterocycles. The Labute approximate surface area is 93.0 Å². The SMILES string of the molecule is N=C1SCC(=O)N1CCc1ccccc1. The summed E-state index contributed by atoms with van der Waals surface area (Å²) >= 11 is 1.31. The smallest absolute Gasteiger partial charge is 0.239 e. The summed E-state index contributed by atoms with van der Waals surface area (Å²) in [5.74, 6) is 0.481. The van der Waals surface area contributed by atoms with Crippen LogP contribution in [-0.4, -0.2) is 28.3 Å². The molecule has 78 valence electrons. The number of hydrogen-bond donors (Lipinski definition) is 1. The number of thioether (sulfide) groups is 1. The largest absolute Gasteiger partial charge is 0.291 e. The van der Waals surface area contributed by atoms with E-state index in [1.165, 1.54) is 17.3 Å². The lowest BCUT2D eigenvalue weighted by atomic mass is 10.1. The van der Waals surface area contributed by atoms with E-state index in [1.54, 1.807) is 4.90 Å². The molecule has 1 fully saturated rings. The van der Waals surface area contributed by atoms with Crippen molar-refractivity contribution in [2.45, 2.75) is 6.42 Å². The molecule has 1 aliphatic rings. The number of hydrogen-bond acceptors (Lipinski definition) is 3. The van der Waals surface area contributed by atoms with Crippen molar-refractivity contribution in [2.75, 3.05) is 12.3 Å². The van der Waals surface area contributed by atoms with E-state index in [0.717, 1.165) is 6.42 Å². The van der Waals surface area contributed by atoms with Crippen LogP contribution in [0.2, 0.25) is 0 Å². The average molecular weight is 220 g/mol. The van der Waals surface area contributed by atoms with Crippen LogP contribution in [0.25, 0.3) is 0 Å². The predicted octanol–water partition coefficient (Wildman–Crippen LogP) is 1.74. The summed E-state index contributed by atoms with van der Waals surface area (Å²) in [4.78, 5) is 12.9. The fourth-order valence-electron chi connectivity index (χ4n) is 1.51. The van der Waals surface area contributed by atoms with Gasteiger partial charge < -0.3 is 0 Å². The zero-order valence-corrected chi connectivity index (χ0v) is 9.09. The molecule has 0 aliphatic carbocycles. The third-order valence-electron chi connectivity index (χ3n) is 2.35. The van der Waals surface area contributed by atoms with E-state index in [0.29, 0.717) is 17.5 Å². The van der Waals surface area contributed by atoms with Gasteiger partial charge in [0.15, 0.2) is 5.17 Å². The van der Waals surface area contributed by atoms with Crippen LogP contribution >= 0.6 is 11.8 Å². The summed E-state index contributed by atoms with van der Waals surface area (Å²) in [7, 11) is 0. The van der Waals surface area contributed by atoms with E-state index in [1.807, 2.05) is 30.3 Å². The third-order valence-corrected chi connectivity index (χ3v) is 3.23. The maximum Gasteiger partial charge on any atom is 0.239 e. The van der Waals surface area contributed by atoms with Crippen molar-refractivity contribution in [3.8, 4) is 0 Å². The fourth-order valence-corrected chi connectivity index (χ4v) is 2.28. The molecule has 0 radical (unpaired) electrons. The molecule has 1 aliphatic heterocycles. The van der Waals surface area contributed by atoms with Gasteiger partial charge in [-0.05, 0) is 12.0 Å². The molecule has 1 aromatic rings. The van der Waals surface area contributed by atoms with Crippen LogP contribution in [0.1, 0.15) is 5.56 Å². The van der Waals surface area contributed by atoms with Crippen LogP contribution in [-0.2, 0) is 11.2 Å². The lowest BCUT2D eigenvalue weighted by Gasteiger charge is -2.14. The number of amidine groups is 1. The van der Waals surface area contributed by atoms with Gasteiger partial charge in [0.2, 0.25) is 5.91 Å². The highest BCUT2D eigenvalue weighted by molar-refractivity contribution is 8.14. The molecule has 15 heavy (non-hydrogen) atoms. The first-order valence-corrected chi connectivity index (χ1v) is 5.81. The van der Waals surface area contributed by atoms with Crippen LogP contribution in [0.4, 0.5) is 0 Å². The van der Waals surface area contributed by atoms with Crippen LogP contribution in [0.3, 0.4) is 0 Å². The first-order valence-electron chi connectivity index (χ1n) is 4.83. The number of amides is 1. The van der Waals surface area contributed by atoms with E-state index < -0.39 is 0 Å². The Kier molecular flexibility index (Phi) is 3.06. The molecule has 1 saturated heterocycles. The van der Waals surface area contributed by atoms with Crippen LogP contribution in [0.5, 0.6) is 0 Å². The zero-order valence-electron chi connectivity index (χ0n) is 8.27. The van der Waals surface area contributed by atoms with Gasteiger partial charge in [-0.1, -0.05) is 42.1 Å². The average Bonchev–Trinajstić information content (AvgIpc) is 2.58. The summed E-state index contributed by atoms with van der Waals surface area (Å²) in [6, 6.07) is 10.0. The molecule has 0 unspecified atom stereocenters. The standard InChI is InChI=1S/C11H12N2OS/c12-11-13(10(14)8-15-11)7-6-9-4-2-1-3-5-9/h1-5,12H,6-8H2. The Morgan fingerprint density at radius 2 is 2.07 bits per heavy atom. The maximum absolute atomic E-state index is 11.4. The van der Waals surface area contributed by atoms with Crippen molar-refractivity contribution in [3.63, 3.8) is 0 Å². The molecule has 0 bridgehead atoms. The molecule has 1 amide bonds. The van der Waals surface area contributed by atoms with Crippen molar-refractivity contribution in [3.05, 3.63) is 35.9 Å². The highest BCUT2D eigenvalue weighted by atomic mass is 32.2. The topological polar surface area (TPSA) is 44.2 Å². The lowest BCUT2D eigenvalue weighted by molar-refractivity contribution is -0.124. The molecule has 1 heterocycles. The van der Waals surface area contributed by atoms with Crippen molar-refractivity contribution in [2.24, 2.45) is 0 Å². The summed E-state index contributed by atoms with van der Waals surface area (Å²) in [5, 5.41) is 7.96. The van der Waals surface area contributed by atoms with E-state index in [2.05, 4.69) is 0 Å². The minimum absolute atomic E-state index is 0.0564. The second kappa shape index (κ2) is 4.49. The Bertz CT molecular complexity index is 361. The number of nitrogens with zero attached hydrogens (tertiary/aromatic N) is 1. The minimum atomic E-state index is 0.0564. The Balaban J connectivity index is 1.93. The van der Waals surface area contributed by atoms with E-state index in [4.69, 9.17) is 5.41 Å². The molecule has 1 N–H and O–H groups in total. The monoisotopic (exact) mass is 220 g/mol. The number of carbonyl (C=O) groups is 1. The highest BCUT2D eigenvalue weighted by Crippen LogP contribution is 2.17. The molecule has 1 aromatic carbocycles. The van der Waals surface area contributed by atoms with Gasteiger partial charge in [0.1, 0.15) is 0 Å². The van der Waals surface area contributed by atoms with Crippen LogP contribution in [0.15, 0.2) is 30.3 Å². The van der Waals surface area contributed by atoms with Gasteiger partial charge in [0.25, 0.3) is 0 Å². The second-order valence-corrected chi connectivity index (χ2v) is 4.34. The number of nitrogens with one attached hydrogen (secondary N) is 1. The summed E-state index contributed by atoms with van der Waals surface area (Å²) in [6.07, 6.45) is 0.815. The van der Waals surface area contributed by atoms with Crippen molar-refractivity contribution >= 4 is 22.8 Å².